The fourth-order valence-corrected chi connectivity index (χ4v) is 8.30. The Kier molecular flexibility index (Phi) is 10.2. The number of carbonyl (C=O) groups excluding carboxylic acids is 2. The van der Waals surface area contributed by atoms with E-state index in [0.717, 1.165) is 36.2 Å². The predicted molar refractivity (Wildman–Crippen MR) is 188 cm³/mol. The van der Waals surface area contributed by atoms with E-state index in [-0.39, 0.29) is 43.5 Å². The molecule has 5 N–H and O–H groups in total. The third-order valence-corrected chi connectivity index (χ3v) is 10.1. The SMILES string of the molecule is CC1(C)CC2CC(C)(CN2C[C@H]2C[C@@H](c3ccc(CO)cc3)O[C@@H](c3cccc(NC(=O)CCCC(=O)Nc4ccccc4N)c3)O2)C1. The maximum absolute atomic E-state index is 12.8. The summed E-state index contributed by atoms with van der Waals surface area (Å²) in [5, 5.41) is 15.4. The number of rotatable bonds is 11. The number of ether oxygens (including phenoxy) is 2. The van der Waals surface area contributed by atoms with Gasteiger partial charge in [-0.25, -0.2) is 0 Å². The average Bonchev–Trinajstić information content (AvgIpc) is 3.29. The fourth-order valence-electron chi connectivity index (χ4n) is 8.30. The third-order valence-electron chi connectivity index (χ3n) is 10.1. The van der Waals surface area contributed by atoms with Crippen molar-refractivity contribution in [2.45, 2.75) is 96.9 Å². The molecule has 1 saturated carbocycles. The highest BCUT2D eigenvalue weighted by molar-refractivity contribution is 5.94. The number of fused-ring (bicyclic) bond motifs is 2. The lowest BCUT2D eigenvalue weighted by Gasteiger charge is -2.41. The second kappa shape index (κ2) is 14.4. The molecule has 1 aliphatic carbocycles. The lowest BCUT2D eigenvalue weighted by atomic mass is 9.65. The summed E-state index contributed by atoms with van der Waals surface area (Å²) in [4.78, 5) is 27.9. The number of para-hydroxylation sites is 2. The topological polar surface area (TPSA) is 126 Å². The first-order valence-electron chi connectivity index (χ1n) is 17.3. The van der Waals surface area contributed by atoms with Crippen LogP contribution in [0.1, 0.15) is 94.8 Å². The number of aliphatic hydroxyl groups excluding tert-OH is 1. The molecule has 2 heterocycles. The van der Waals surface area contributed by atoms with Crippen molar-refractivity contribution in [1.29, 1.82) is 0 Å². The number of anilines is 3. The van der Waals surface area contributed by atoms with Crippen LogP contribution in [0, 0.1) is 10.8 Å². The fraction of sp³-hybridized carbons (Fsp3) is 0.487. The van der Waals surface area contributed by atoms with Crippen LogP contribution in [0.3, 0.4) is 0 Å². The molecule has 9 heteroatoms. The molecule has 256 valence electrons. The summed E-state index contributed by atoms with van der Waals surface area (Å²) in [6, 6.07) is 23.3. The second-order valence-electron chi connectivity index (χ2n) is 15.2. The second-order valence-corrected chi connectivity index (χ2v) is 15.2. The van der Waals surface area contributed by atoms with Gasteiger partial charge < -0.3 is 30.9 Å². The van der Waals surface area contributed by atoms with E-state index in [9.17, 15) is 14.7 Å². The minimum absolute atomic E-state index is 0.000150. The number of amides is 2. The molecule has 48 heavy (non-hydrogen) atoms. The molecule has 0 radical (unpaired) electrons. The van der Waals surface area contributed by atoms with Gasteiger partial charge in [-0.05, 0) is 71.9 Å². The lowest BCUT2D eigenvalue weighted by Crippen LogP contribution is -2.42. The van der Waals surface area contributed by atoms with Gasteiger partial charge in [-0.2, -0.15) is 0 Å². The minimum Gasteiger partial charge on any atom is -0.397 e. The molecule has 2 amide bonds. The number of nitrogens with one attached hydrogen (secondary N) is 2. The van der Waals surface area contributed by atoms with Crippen molar-refractivity contribution in [3.8, 4) is 0 Å². The van der Waals surface area contributed by atoms with E-state index in [2.05, 4.69) is 36.3 Å². The first-order chi connectivity index (χ1) is 23.0. The molecule has 0 spiro atoms. The van der Waals surface area contributed by atoms with Crippen molar-refractivity contribution in [3.63, 3.8) is 0 Å². The summed E-state index contributed by atoms with van der Waals surface area (Å²) in [7, 11) is 0. The number of carbonyl (C=O) groups is 2. The van der Waals surface area contributed by atoms with Gasteiger partial charge in [0.25, 0.3) is 0 Å². The van der Waals surface area contributed by atoms with Gasteiger partial charge in [-0.15, -0.1) is 0 Å². The predicted octanol–water partition coefficient (Wildman–Crippen LogP) is 6.95. The van der Waals surface area contributed by atoms with E-state index in [4.69, 9.17) is 15.2 Å². The number of nitrogen functional groups attached to an aromatic ring is 1. The highest BCUT2D eigenvalue weighted by Gasteiger charge is 2.50. The normalized spacial score (nSPS) is 26.6. The molecular formula is C39H50N4O5. The summed E-state index contributed by atoms with van der Waals surface area (Å²) in [6.45, 7) is 9.18. The molecule has 2 bridgehead atoms. The number of benzene rings is 3. The van der Waals surface area contributed by atoms with Crippen molar-refractivity contribution in [3.05, 3.63) is 89.5 Å². The van der Waals surface area contributed by atoms with Gasteiger partial charge in [0.1, 0.15) is 0 Å². The molecule has 3 aromatic carbocycles. The summed E-state index contributed by atoms with van der Waals surface area (Å²) in [5.74, 6) is -0.347. The van der Waals surface area contributed by atoms with E-state index in [1.165, 1.54) is 19.3 Å². The Balaban J connectivity index is 1.10. The Hall–Kier alpha value is -3.76. The van der Waals surface area contributed by atoms with Gasteiger partial charge in [-0.1, -0.05) is 69.3 Å². The Morgan fingerprint density at radius 1 is 0.917 bits per heavy atom. The van der Waals surface area contributed by atoms with Crippen molar-refractivity contribution in [2.24, 2.45) is 10.8 Å². The van der Waals surface area contributed by atoms with Crippen molar-refractivity contribution in [2.75, 3.05) is 29.5 Å². The zero-order chi connectivity index (χ0) is 33.9. The van der Waals surface area contributed by atoms with Crippen LogP contribution in [0.4, 0.5) is 17.1 Å². The molecule has 3 aliphatic rings. The molecule has 5 atom stereocenters. The van der Waals surface area contributed by atoms with Gasteiger partial charge in [0.05, 0.1) is 30.2 Å². The maximum atomic E-state index is 12.8. The monoisotopic (exact) mass is 654 g/mol. The maximum Gasteiger partial charge on any atom is 0.224 e. The van der Waals surface area contributed by atoms with Gasteiger partial charge in [0, 0.05) is 49.6 Å². The van der Waals surface area contributed by atoms with Crippen LogP contribution in [-0.4, -0.2) is 47.1 Å². The number of hydrogen-bond donors (Lipinski definition) is 4. The standard InChI is InChI=1S/C39H50N4O5/c1-38(2)20-30-21-39(3,24-38)25-43(30)22-31-19-34(27-16-14-26(23-44)15-17-27)48-37(47-31)28-8-6-9-29(18-28)41-35(45)12-7-13-36(46)42-33-11-5-4-10-32(33)40/h4-6,8-11,14-18,30-31,34,37,44H,7,12-13,19-25,40H2,1-3H3,(H,41,45)(H,42,46)/t30?,31-,34+,37+,39?/m1/s1. The first kappa shape index (κ1) is 34.1. The number of nitrogens with two attached hydrogens (primary N) is 1. The third kappa shape index (κ3) is 8.44. The van der Waals surface area contributed by atoms with Crippen LogP contribution in [0.5, 0.6) is 0 Å². The molecule has 2 unspecified atom stereocenters. The smallest absolute Gasteiger partial charge is 0.224 e. The molecule has 6 rings (SSSR count). The molecule has 3 aromatic rings. The zero-order valence-electron chi connectivity index (χ0n) is 28.4. The lowest BCUT2D eigenvalue weighted by molar-refractivity contribution is -0.253. The van der Waals surface area contributed by atoms with Crippen molar-refractivity contribution < 1.29 is 24.2 Å². The first-order valence-corrected chi connectivity index (χ1v) is 17.3. The average molecular weight is 655 g/mol. The van der Waals surface area contributed by atoms with E-state index in [0.29, 0.717) is 40.4 Å². The highest BCUT2D eigenvalue weighted by atomic mass is 16.7. The number of likely N-dealkylation sites (tertiary alicyclic amines) is 1. The number of hydrogen-bond acceptors (Lipinski definition) is 7. The van der Waals surface area contributed by atoms with Crippen molar-refractivity contribution in [1.82, 2.24) is 4.90 Å². The minimum atomic E-state index is -0.605. The molecule has 3 fully saturated rings. The van der Waals surface area contributed by atoms with E-state index >= 15 is 0 Å². The van der Waals surface area contributed by atoms with Gasteiger partial charge in [0.15, 0.2) is 6.29 Å². The molecule has 9 nitrogen and oxygen atoms in total. The molecule has 0 aromatic heterocycles. The number of aliphatic hydroxyl groups is 1. The Bertz CT molecular complexity index is 1590. The van der Waals surface area contributed by atoms with Crippen LogP contribution >= 0.6 is 0 Å². The summed E-state index contributed by atoms with van der Waals surface area (Å²) in [5.41, 5.74) is 11.1. The van der Waals surface area contributed by atoms with Gasteiger partial charge in [0.2, 0.25) is 11.8 Å². The number of nitrogens with zero attached hydrogens (tertiary/aromatic N) is 1. The zero-order valence-corrected chi connectivity index (χ0v) is 28.4. The molecule has 2 aliphatic heterocycles. The summed E-state index contributed by atoms with van der Waals surface area (Å²) < 4.78 is 13.3. The van der Waals surface area contributed by atoms with Crippen LogP contribution in [-0.2, 0) is 25.7 Å². The highest BCUT2D eigenvalue weighted by Crippen LogP contribution is 2.53. The molecular weight excluding hydrogens is 604 g/mol. The summed E-state index contributed by atoms with van der Waals surface area (Å²) in [6.07, 6.45) is 4.44. The van der Waals surface area contributed by atoms with Crippen molar-refractivity contribution >= 4 is 28.9 Å². The van der Waals surface area contributed by atoms with Gasteiger partial charge >= 0.3 is 0 Å². The Morgan fingerprint density at radius 2 is 1.67 bits per heavy atom. The van der Waals surface area contributed by atoms with E-state index in [1.54, 1.807) is 12.1 Å². The Morgan fingerprint density at radius 3 is 2.42 bits per heavy atom. The largest absolute Gasteiger partial charge is 0.397 e. The van der Waals surface area contributed by atoms with Crippen LogP contribution in [0.15, 0.2) is 72.8 Å². The summed E-state index contributed by atoms with van der Waals surface area (Å²) >= 11 is 0. The van der Waals surface area contributed by atoms with Gasteiger partial charge in [-0.3, -0.25) is 14.5 Å². The van der Waals surface area contributed by atoms with Crippen LogP contribution < -0.4 is 16.4 Å². The molecule has 2 saturated heterocycles. The van der Waals surface area contributed by atoms with E-state index < -0.39 is 6.29 Å². The van der Waals surface area contributed by atoms with Crippen LogP contribution in [0.25, 0.3) is 0 Å². The Labute approximate surface area is 284 Å². The van der Waals surface area contributed by atoms with Crippen LogP contribution in [0.2, 0.25) is 0 Å². The van der Waals surface area contributed by atoms with E-state index in [1.807, 2.05) is 60.7 Å². The quantitative estimate of drug-likeness (QED) is 0.165.